The molecule has 2 aliphatic carbocycles. The zero-order chi connectivity index (χ0) is 19.6. The van der Waals surface area contributed by atoms with Crippen LogP contribution in [0.4, 0.5) is 0 Å². The van der Waals surface area contributed by atoms with Gasteiger partial charge in [0.15, 0.2) is 0 Å². The van der Waals surface area contributed by atoms with Gasteiger partial charge in [0, 0.05) is 5.56 Å². The molecule has 1 saturated carbocycles. The Labute approximate surface area is 164 Å². The monoisotopic (exact) mass is 379 g/mol. The molecule has 2 aromatic rings. The number of nitrogens with one attached hydrogen (secondary N) is 2. The van der Waals surface area contributed by atoms with E-state index in [9.17, 15) is 9.59 Å². The summed E-state index contributed by atoms with van der Waals surface area (Å²) in [6, 6.07) is 7.77. The Hall–Kier alpha value is -2.89. The predicted octanol–water partition coefficient (Wildman–Crippen LogP) is 3.55. The van der Waals surface area contributed by atoms with Crippen molar-refractivity contribution in [2.75, 3.05) is 7.11 Å². The number of carbonyl (C=O) groups is 1. The molecule has 6 heteroatoms. The Balaban J connectivity index is 1.57. The number of H-pyrrole nitrogens is 1. The number of ether oxygens (including phenoxy) is 1. The lowest BCUT2D eigenvalue weighted by molar-refractivity contribution is 0.0893. The van der Waals surface area contributed by atoms with Crippen LogP contribution in [-0.2, 0) is 5.54 Å². The molecule has 1 heterocycles. The largest absolute Gasteiger partial charge is 0.490 e. The Morgan fingerprint density at radius 3 is 2.54 bits per heavy atom. The first kappa shape index (κ1) is 18.5. The molecule has 2 N–H and O–H groups in total. The van der Waals surface area contributed by atoms with E-state index < -0.39 is 5.54 Å². The van der Waals surface area contributed by atoms with E-state index in [1.54, 1.807) is 0 Å². The Kier molecular flexibility index (Phi) is 5.03. The molecule has 4 rings (SSSR count). The van der Waals surface area contributed by atoms with Crippen molar-refractivity contribution in [3.8, 4) is 5.75 Å². The number of methoxy groups -OCH3 is 1. The number of benzene rings is 1. The highest BCUT2D eigenvalue weighted by Gasteiger charge is 2.39. The van der Waals surface area contributed by atoms with Gasteiger partial charge in [-0.05, 0) is 55.4 Å². The van der Waals surface area contributed by atoms with Gasteiger partial charge in [-0.1, -0.05) is 31.1 Å². The van der Waals surface area contributed by atoms with Crippen molar-refractivity contribution in [2.45, 2.75) is 50.5 Å². The van der Waals surface area contributed by atoms with Crippen LogP contribution in [0.15, 0.2) is 41.3 Å². The molecule has 0 unspecified atom stereocenters. The number of hydrogen-bond acceptors (Lipinski definition) is 4. The van der Waals surface area contributed by atoms with Gasteiger partial charge in [0.2, 0.25) is 5.75 Å². The number of aromatic amines is 1. The minimum absolute atomic E-state index is 0.146. The van der Waals surface area contributed by atoms with Crippen LogP contribution < -0.4 is 15.6 Å². The average molecular weight is 379 g/mol. The number of aromatic nitrogens is 2. The number of nitrogens with zero attached hydrogens (tertiary/aromatic N) is 1. The summed E-state index contributed by atoms with van der Waals surface area (Å²) in [6.45, 7) is 0. The zero-order valence-corrected chi connectivity index (χ0v) is 16.1. The number of rotatable bonds is 5. The van der Waals surface area contributed by atoms with Gasteiger partial charge in [-0.15, -0.1) is 0 Å². The fourth-order valence-corrected chi connectivity index (χ4v) is 4.23. The second-order valence-electron chi connectivity index (χ2n) is 7.57. The smallest absolute Gasteiger partial charge is 0.293 e. The van der Waals surface area contributed by atoms with Crippen molar-refractivity contribution >= 4 is 11.5 Å². The van der Waals surface area contributed by atoms with Crippen molar-refractivity contribution in [3.63, 3.8) is 0 Å². The summed E-state index contributed by atoms with van der Waals surface area (Å²) in [4.78, 5) is 32.3. The lowest BCUT2D eigenvalue weighted by atomic mass is 9.95. The van der Waals surface area contributed by atoms with Crippen LogP contribution in [-0.4, -0.2) is 23.0 Å². The van der Waals surface area contributed by atoms with Gasteiger partial charge in [0.25, 0.3) is 11.5 Å². The van der Waals surface area contributed by atoms with Crippen LogP contribution >= 0.6 is 0 Å². The predicted molar refractivity (Wildman–Crippen MR) is 107 cm³/mol. The minimum Gasteiger partial charge on any atom is -0.490 e. The van der Waals surface area contributed by atoms with Gasteiger partial charge in [0.1, 0.15) is 5.82 Å². The van der Waals surface area contributed by atoms with Crippen molar-refractivity contribution < 1.29 is 9.53 Å². The quantitative estimate of drug-likeness (QED) is 0.832. The van der Waals surface area contributed by atoms with Crippen LogP contribution in [0.3, 0.4) is 0 Å². The fourth-order valence-electron chi connectivity index (χ4n) is 4.23. The molecule has 0 radical (unpaired) electrons. The van der Waals surface area contributed by atoms with E-state index in [4.69, 9.17) is 4.74 Å². The highest BCUT2D eigenvalue weighted by Crippen LogP contribution is 2.37. The fraction of sp³-hybridized carbons (Fsp3) is 0.409. The molecule has 0 atom stereocenters. The first-order valence-corrected chi connectivity index (χ1v) is 9.87. The summed E-state index contributed by atoms with van der Waals surface area (Å²) in [6.07, 6.45) is 10.6. The van der Waals surface area contributed by atoms with Crippen molar-refractivity contribution in [3.05, 3.63) is 63.8 Å². The summed E-state index contributed by atoms with van der Waals surface area (Å²) in [5, 5.41) is 3.15. The maximum Gasteiger partial charge on any atom is 0.293 e. The molecule has 28 heavy (non-hydrogen) atoms. The summed E-state index contributed by atoms with van der Waals surface area (Å²) < 4.78 is 5.00. The van der Waals surface area contributed by atoms with Crippen LogP contribution in [0.1, 0.15) is 66.7 Å². The molecule has 1 amide bonds. The maximum atomic E-state index is 12.9. The van der Waals surface area contributed by atoms with Gasteiger partial charge in [0.05, 0.1) is 18.8 Å². The summed E-state index contributed by atoms with van der Waals surface area (Å²) >= 11 is 0. The molecule has 1 fully saturated rings. The second-order valence-corrected chi connectivity index (χ2v) is 7.57. The lowest BCUT2D eigenvalue weighted by Gasteiger charge is -2.29. The van der Waals surface area contributed by atoms with Crippen LogP contribution in [0.2, 0.25) is 0 Å². The third-order valence-corrected chi connectivity index (χ3v) is 5.81. The van der Waals surface area contributed by atoms with E-state index in [0.717, 1.165) is 38.5 Å². The van der Waals surface area contributed by atoms with E-state index in [1.807, 2.05) is 24.3 Å². The molecular weight excluding hydrogens is 354 g/mol. The SMILES string of the molecule is COc1cnc(C2(NC(=O)c3ccc(C4=CCCC4)cc3)CCCC2)[nH]c1=O. The molecule has 146 valence electrons. The maximum absolute atomic E-state index is 12.9. The van der Waals surface area contributed by atoms with Crippen molar-refractivity contribution in [2.24, 2.45) is 0 Å². The summed E-state index contributed by atoms with van der Waals surface area (Å²) in [5.41, 5.74) is 2.19. The number of hydrogen-bond donors (Lipinski definition) is 2. The third kappa shape index (κ3) is 3.46. The normalized spacial score (nSPS) is 18.0. The number of carbonyl (C=O) groups excluding carboxylic acids is 1. The summed E-state index contributed by atoms with van der Waals surface area (Å²) in [5.74, 6) is 0.518. The topological polar surface area (TPSA) is 84.1 Å². The van der Waals surface area contributed by atoms with Gasteiger partial charge in [-0.3, -0.25) is 9.59 Å². The second kappa shape index (κ2) is 7.62. The van der Waals surface area contributed by atoms with Gasteiger partial charge in [-0.2, -0.15) is 0 Å². The van der Waals surface area contributed by atoms with Gasteiger partial charge in [-0.25, -0.2) is 4.98 Å². The highest BCUT2D eigenvalue weighted by atomic mass is 16.5. The molecule has 1 aromatic heterocycles. The molecule has 1 aromatic carbocycles. The van der Waals surface area contributed by atoms with E-state index >= 15 is 0 Å². The molecule has 0 aliphatic heterocycles. The standard InChI is InChI=1S/C22H25N3O3/c1-28-18-14-23-21(24-20(18)27)22(12-4-5-13-22)25-19(26)17-10-8-16(9-11-17)15-6-2-3-7-15/h6,8-11,14H,2-5,7,12-13H2,1H3,(H,25,26)(H,23,24,27). The molecule has 2 aliphatic rings. The number of amides is 1. The number of allylic oxidation sites excluding steroid dienone is 2. The first-order chi connectivity index (χ1) is 13.6. The summed E-state index contributed by atoms with van der Waals surface area (Å²) in [7, 11) is 1.43. The molecule has 0 bridgehead atoms. The van der Waals surface area contributed by atoms with Crippen molar-refractivity contribution in [1.82, 2.24) is 15.3 Å². The molecule has 0 saturated heterocycles. The first-order valence-electron chi connectivity index (χ1n) is 9.87. The van der Waals surface area contributed by atoms with Crippen LogP contribution in [0, 0.1) is 0 Å². The van der Waals surface area contributed by atoms with Crippen LogP contribution in [0.25, 0.3) is 5.57 Å². The Morgan fingerprint density at radius 2 is 1.93 bits per heavy atom. The van der Waals surface area contributed by atoms with E-state index in [-0.39, 0.29) is 17.2 Å². The molecule has 0 spiro atoms. The van der Waals surface area contributed by atoms with E-state index in [1.165, 1.54) is 30.9 Å². The Morgan fingerprint density at radius 1 is 1.18 bits per heavy atom. The third-order valence-electron chi connectivity index (χ3n) is 5.81. The highest BCUT2D eigenvalue weighted by molar-refractivity contribution is 5.95. The van der Waals surface area contributed by atoms with Crippen molar-refractivity contribution in [1.29, 1.82) is 0 Å². The minimum atomic E-state index is -0.644. The lowest BCUT2D eigenvalue weighted by Crippen LogP contribution is -2.46. The van der Waals surface area contributed by atoms with Crippen LogP contribution in [0.5, 0.6) is 5.75 Å². The van der Waals surface area contributed by atoms with Gasteiger partial charge < -0.3 is 15.0 Å². The van der Waals surface area contributed by atoms with E-state index in [0.29, 0.717) is 11.4 Å². The van der Waals surface area contributed by atoms with E-state index in [2.05, 4.69) is 21.4 Å². The zero-order valence-electron chi connectivity index (χ0n) is 16.1. The van der Waals surface area contributed by atoms with Gasteiger partial charge >= 0.3 is 0 Å². The molecular formula is C22H25N3O3. The Bertz CT molecular complexity index is 954. The average Bonchev–Trinajstić information content (AvgIpc) is 3.41. The molecule has 6 nitrogen and oxygen atoms in total.